The first-order valence-corrected chi connectivity index (χ1v) is 9.32. The number of carbonyl (C=O) groups is 1. The zero-order valence-electron chi connectivity index (χ0n) is 16.6. The molecule has 2 aromatic heterocycles. The van der Waals surface area contributed by atoms with Crippen LogP contribution in [0, 0.1) is 19.7 Å². The molecule has 4 aromatic rings. The van der Waals surface area contributed by atoms with Crippen LogP contribution in [0.25, 0.3) is 17.1 Å². The number of halogens is 1. The molecular weight excluding hydrogens is 387 g/mol. The maximum atomic E-state index is 13.1. The Balaban J connectivity index is 1.50. The topological polar surface area (TPSA) is 98.7 Å². The lowest BCUT2D eigenvalue weighted by atomic mass is 10.2. The minimum absolute atomic E-state index is 0.210. The minimum Gasteiger partial charge on any atom is -0.339 e. The van der Waals surface area contributed by atoms with E-state index in [0.717, 1.165) is 11.3 Å². The summed E-state index contributed by atoms with van der Waals surface area (Å²) in [6, 6.07) is 12.9. The summed E-state index contributed by atoms with van der Waals surface area (Å²) in [5.41, 5.74) is 3.34. The van der Waals surface area contributed by atoms with E-state index in [1.165, 1.54) is 12.1 Å². The fourth-order valence-corrected chi connectivity index (χ4v) is 3.00. The van der Waals surface area contributed by atoms with Crippen LogP contribution < -0.4 is 5.32 Å². The quantitative estimate of drug-likeness (QED) is 0.544. The Morgan fingerprint density at radius 1 is 1.17 bits per heavy atom. The van der Waals surface area contributed by atoms with Crippen molar-refractivity contribution in [2.75, 3.05) is 0 Å². The van der Waals surface area contributed by atoms with Gasteiger partial charge in [0.15, 0.2) is 5.69 Å². The normalized spacial score (nSPS) is 12.0. The van der Waals surface area contributed by atoms with Crippen molar-refractivity contribution in [3.05, 3.63) is 77.2 Å². The first-order chi connectivity index (χ1) is 14.4. The van der Waals surface area contributed by atoms with Gasteiger partial charge in [-0.15, -0.1) is 5.10 Å². The molecule has 0 aliphatic rings. The van der Waals surface area contributed by atoms with E-state index in [9.17, 15) is 9.18 Å². The Kier molecular flexibility index (Phi) is 5.09. The summed E-state index contributed by atoms with van der Waals surface area (Å²) in [5, 5.41) is 14.8. The van der Waals surface area contributed by atoms with Gasteiger partial charge in [-0.1, -0.05) is 22.5 Å². The van der Waals surface area contributed by atoms with Crippen molar-refractivity contribution in [1.82, 2.24) is 30.5 Å². The summed E-state index contributed by atoms with van der Waals surface area (Å²) in [6.07, 6.45) is 0. The molecule has 2 heterocycles. The molecule has 152 valence electrons. The van der Waals surface area contributed by atoms with Crippen molar-refractivity contribution in [2.45, 2.75) is 26.8 Å². The van der Waals surface area contributed by atoms with Crippen LogP contribution in [0.5, 0.6) is 0 Å². The smallest absolute Gasteiger partial charge is 0.274 e. The van der Waals surface area contributed by atoms with Crippen molar-refractivity contribution in [3.63, 3.8) is 0 Å². The highest BCUT2D eigenvalue weighted by Gasteiger charge is 2.22. The van der Waals surface area contributed by atoms with Gasteiger partial charge in [0.1, 0.15) is 11.9 Å². The molecule has 30 heavy (non-hydrogen) atoms. The number of amides is 1. The average Bonchev–Trinajstić information content (AvgIpc) is 3.36. The Bertz CT molecular complexity index is 1200. The van der Waals surface area contributed by atoms with Crippen LogP contribution in [-0.2, 0) is 0 Å². The molecule has 4 rings (SSSR count). The standard InChI is InChI=1S/C21H19FN6O2/c1-12-5-4-6-17(11-12)28-14(3)18(25-27-28)20(29)23-13(2)21-24-19(26-30-21)15-7-9-16(22)10-8-15/h4-11,13H,1-3H3,(H,23,29). The lowest BCUT2D eigenvalue weighted by Gasteiger charge is -2.09. The van der Waals surface area contributed by atoms with E-state index in [-0.39, 0.29) is 17.4 Å². The molecule has 1 atom stereocenters. The number of nitrogens with one attached hydrogen (secondary N) is 1. The summed E-state index contributed by atoms with van der Waals surface area (Å²) in [7, 11) is 0. The van der Waals surface area contributed by atoms with Crippen molar-refractivity contribution in [1.29, 1.82) is 0 Å². The van der Waals surface area contributed by atoms with Crippen molar-refractivity contribution < 1.29 is 13.7 Å². The van der Waals surface area contributed by atoms with Crippen LogP contribution in [0.2, 0.25) is 0 Å². The molecule has 9 heteroatoms. The highest BCUT2D eigenvalue weighted by Crippen LogP contribution is 2.20. The first-order valence-electron chi connectivity index (χ1n) is 9.32. The van der Waals surface area contributed by atoms with E-state index in [1.54, 1.807) is 30.7 Å². The number of rotatable bonds is 5. The molecule has 0 aliphatic carbocycles. The van der Waals surface area contributed by atoms with E-state index in [4.69, 9.17) is 4.52 Å². The number of hydrogen-bond acceptors (Lipinski definition) is 6. The maximum absolute atomic E-state index is 13.1. The van der Waals surface area contributed by atoms with E-state index < -0.39 is 11.9 Å². The summed E-state index contributed by atoms with van der Waals surface area (Å²) >= 11 is 0. The molecule has 1 amide bonds. The van der Waals surface area contributed by atoms with E-state index in [2.05, 4.69) is 25.8 Å². The van der Waals surface area contributed by atoms with Crippen molar-refractivity contribution in [3.8, 4) is 17.1 Å². The lowest BCUT2D eigenvalue weighted by Crippen LogP contribution is -2.28. The van der Waals surface area contributed by atoms with Crippen LogP contribution in [0.3, 0.4) is 0 Å². The fourth-order valence-electron chi connectivity index (χ4n) is 3.00. The number of aryl methyl sites for hydroxylation is 1. The first kappa shape index (κ1) is 19.4. The Hall–Kier alpha value is -3.88. The third-order valence-corrected chi connectivity index (χ3v) is 4.62. The highest BCUT2D eigenvalue weighted by molar-refractivity contribution is 5.93. The van der Waals surface area contributed by atoms with Gasteiger partial charge in [-0.2, -0.15) is 4.98 Å². The zero-order chi connectivity index (χ0) is 21.3. The number of aromatic nitrogens is 5. The molecule has 0 saturated carbocycles. The monoisotopic (exact) mass is 406 g/mol. The zero-order valence-corrected chi connectivity index (χ0v) is 16.6. The van der Waals surface area contributed by atoms with Gasteiger partial charge in [0.25, 0.3) is 5.91 Å². The third-order valence-electron chi connectivity index (χ3n) is 4.62. The molecule has 0 fully saturated rings. The molecule has 1 N–H and O–H groups in total. The second-order valence-corrected chi connectivity index (χ2v) is 6.93. The lowest BCUT2D eigenvalue weighted by molar-refractivity contribution is 0.0926. The minimum atomic E-state index is -0.553. The van der Waals surface area contributed by atoms with Crippen LogP contribution in [0.1, 0.15) is 40.6 Å². The van der Waals surface area contributed by atoms with Gasteiger partial charge in [0, 0.05) is 5.56 Å². The van der Waals surface area contributed by atoms with Crippen LogP contribution >= 0.6 is 0 Å². The van der Waals surface area contributed by atoms with Gasteiger partial charge in [-0.05, 0) is 62.7 Å². The molecular formula is C21H19FN6O2. The average molecular weight is 406 g/mol. The van der Waals surface area contributed by atoms with Gasteiger partial charge >= 0.3 is 0 Å². The van der Waals surface area contributed by atoms with E-state index in [0.29, 0.717) is 17.1 Å². The van der Waals surface area contributed by atoms with Gasteiger partial charge in [-0.25, -0.2) is 9.07 Å². The predicted octanol–water partition coefficient (Wildman–Crippen LogP) is 3.56. The molecule has 0 spiro atoms. The molecule has 0 aliphatic heterocycles. The van der Waals surface area contributed by atoms with Crippen molar-refractivity contribution in [2.24, 2.45) is 0 Å². The fraction of sp³-hybridized carbons (Fsp3) is 0.190. The molecule has 0 bridgehead atoms. The Labute approximate surface area is 171 Å². The largest absolute Gasteiger partial charge is 0.339 e. The van der Waals surface area contributed by atoms with Gasteiger partial charge in [0.05, 0.1) is 11.4 Å². The predicted molar refractivity (Wildman–Crippen MR) is 106 cm³/mol. The molecule has 8 nitrogen and oxygen atoms in total. The number of hydrogen-bond donors (Lipinski definition) is 1. The second kappa shape index (κ2) is 7.86. The van der Waals surface area contributed by atoms with E-state index in [1.807, 2.05) is 31.2 Å². The molecule has 0 saturated heterocycles. The molecule has 1 unspecified atom stereocenters. The summed E-state index contributed by atoms with van der Waals surface area (Å²) in [4.78, 5) is 17.0. The van der Waals surface area contributed by atoms with Gasteiger partial charge < -0.3 is 9.84 Å². The van der Waals surface area contributed by atoms with Gasteiger partial charge in [0.2, 0.25) is 11.7 Å². The molecule has 0 radical (unpaired) electrons. The Morgan fingerprint density at radius 3 is 2.67 bits per heavy atom. The summed E-state index contributed by atoms with van der Waals surface area (Å²) in [6.45, 7) is 5.48. The van der Waals surface area contributed by atoms with Crippen LogP contribution in [0.15, 0.2) is 53.1 Å². The SMILES string of the molecule is Cc1cccc(-n2nnc(C(=O)NC(C)c3nc(-c4ccc(F)cc4)no3)c2C)c1. The number of benzene rings is 2. The third kappa shape index (κ3) is 3.82. The van der Waals surface area contributed by atoms with Gasteiger partial charge in [-0.3, -0.25) is 4.79 Å². The highest BCUT2D eigenvalue weighted by atomic mass is 19.1. The summed E-state index contributed by atoms with van der Waals surface area (Å²) in [5.74, 6) is -0.211. The van der Waals surface area contributed by atoms with E-state index >= 15 is 0 Å². The number of carbonyl (C=O) groups excluding carboxylic acids is 1. The van der Waals surface area contributed by atoms with Crippen LogP contribution in [0.4, 0.5) is 4.39 Å². The maximum Gasteiger partial charge on any atom is 0.274 e. The Morgan fingerprint density at radius 2 is 1.93 bits per heavy atom. The van der Waals surface area contributed by atoms with Crippen molar-refractivity contribution >= 4 is 5.91 Å². The number of nitrogens with zero attached hydrogens (tertiary/aromatic N) is 5. The summed E-state index contributed by atoms with van der Waals surface area (Å²) < 4.78 is 20.0. The second-order valence-electron chi connectivity index (χ2n) is 6.93. The molecule has 2 aromatic carbocycles. The van der Waals surface area contributed by atoms with Crippen LogP contribution in [-0.4, -0.2) is 31.0 Å².